The SMILES string of the molecule is CC(C)=CCCC(C)=CCCC(C)=CCCC(C)=CC(=O)N1CCCC(N(C)C)C1. The highest BCUT2D eigenvalue weighted by molar-refractivity contribution is 5.88. The van der Waals surface area contributed by atoms with Crippen molar-refractivity contribution in [3.8, 4) is 0 Å². The van der Waals surface area contributed by atoms with Crippen molar-refractivity contribution in [1.29, 1.82) is 0 Å². The normalized spacial score (nSPS) is 18.7. The molecule has 1 fully saturated rings. The van der Waals surface area contributed by atoms with E-state index in [1.807, 2.05) is 11.0 Å². The van der Waals surface area contributed by atoms with E-state index in [0.717, 1.165) is 58.0 Å². The molecule has 0 spiro atoms. The summed E-state index contributed by atoms with van der Waals surface area (Å²) < 4.78 is 0. The summed E-state index contributed by atoms with van der Waals surface area (Å²) in [5, 5.41) is 0. The summed E-state index contributed by atoms with van der Waals surface area (Å²) in [6, 6.07) is 0.493. The van der Waals surface area contributed by atoms with Gasteiger partial charge in [0.05, 0.1) is 0 Å². The zero-order valence-corrected chi connectivity index (χ0v) is 20.8. The third-order valence-corrected chi connectivity index (χ3v) is 5.96. The minimum absolute atomic E-state index is 0.188. The van der Waals surface area contributed by atoms with E-state index < -0.39 is 0 Å². The number of piperidine rings is 1. The summed E-state index contributed by atoms with van der Waals surface area (Å²) in [4.78, 5) is 16.9. The number of allylic oxidation sites excluding steroid dienone is 7. The largest absolute Gasteiger partial charge is 0.338 e. The van der Waals surface area contributed by atoms with Gasteiger partial charge in [-0.1, -0.05) is 40.5 Å². The van der Waals surface area contributed by atoms with Gasteiger partial charge in [-0.15, -0.1) is 0 Å². The van der Waals surface area contributed by atoms with Crippen LogP contribution in [-0.4, -0.2) is 48.9 Å². The number of nitrogens with zero attached hydrogens (tertiary/aromatic N) is 2. The fraction of sp³-hybridized carbons (Fsp3) is 0.667. The molecule has 30 heavy (non-hydrogen) atoms. The molecule has 0 aromatic rings. The Balaban J connectivity index is 2.35. The first-order valence-corrected chi connectivity index (χ1v) is 11.8. The van der Waals surface area contributed by atoms with E-state index in [1.165, 1.54) is 28.7 Å². The van der Waals surface area contributed by atoms with Gasteiger partial charge in [0.1, 0.15) is 0 Å². The van der Waals surface area contributed by atoms with Crippen molar-refractivity contribution >= 4 is 5.91 Å². The molecule has 1 heterocycles. The van der Waals surface area contributed by atoms with Crippen LogP contribution in [0.4, 0.5) is 0 Å². The molecule has 3 nitrogen and oxygen atoms in total. The molecule has 1 amide bonds. The maximum Gasteiger partial charge on any atom is 0.246 e. The van der Waals surface area contributed by atoms with E-state index >= 15 is 0 Å². The van der Waals surface area contributed by atoms with Crippen LogP contribution < -0.4 is 0 Å². The van der Waals surface area contributed by atoms with Gasteiger partial charge in [0, 0.05) is 25.2 Å². The Morgan fingerprint density at radius 3 is 1.93 bits per heavy atom. The number of likely N-dealkylation sites (N-methyl/N-ethyl adjacent to an activating group) is 1. The van der Waals surface area contributed by atoms with Gasteiger partial charge in [0.15, 0.2) is 0 Å². The van der Waals surface area contributed by atoms with E-state index in [0.29, 0.717) is 6.04 Å². The highest BCUT2D eigenvalue weighted by Crippen LogP contribution is 2.16. The fourth-order valence-electron chi connectivity index (χ4n) is 3.84. The molecule has 1 unspecified atom stereocenters. The second-order valence-electron chi connectivity index (χ2n) is 9.53. The van der Waals surface area contributed by atoms with Crippen molar-refractivity contribution in [1.82, 2.24) is 9.80 Å². The Morgan fingerprint density at radius 1 is 0.867 bits per heavy atom. The van der Waals surface area contributed by atoms with Crippen molar-refractivity contribution in [2.24, 2.45) is 0 Å². The van der Waals surface area contributed by atoms with Gasteiger partial charge in [-0.25, -0.2) is 0 Å². The monoisotopic (exact) mass is 414 g/mol. The molecule has 0 aromatic carbocycles. The van der Waals surface area contributed by atoms with Crippen molar-refractivity contribution in [2.75, 3.05) is 27.2 Å². The van der Waals surface area contributed by atoms with Crippen LogP contribution in [0.25, 0.3) is 0 Å². The van der Waals surface area contributed by atoms with Gasteiger partial charge in [-0.05, 0) is 100 Å². The quantitative estimate of drug-likeness (QED) is 0.278. The van der Waals surface area contributed by atoms with E-state index in [2.05, 4.69) is 71.8 Å². The number of hydrogen-bond donors (Lipinski definition) is 0. The van der Waals surface area contributed by atoms with E-state index in [9.17, 15) is 4.79 Å². The molecule has 1 rings (SSSR count). The van der Waals surface area contributed by atoms with Crippen molar-refractivity contribution in [3.63, 3.8) is 0 Å². The molecule has 0 saturated carbocycles. The molecule has 0 N–H and O–H groups in total. The lowest BCUT2D eigenvalue weighted by atomic mass is 10.0. The Morgan fingerprint density at radius 2 is 1.40 bits per heavy atom. The Bertz CT molecular complexity index is 648. The third kappa shape index (κ3) is 11.5. The summed E-state index contributed by atoms with van der Waals surface area (Å²) >= 11 is 0. The molecule has 1 aliphatic heterocycles. The molecule has 0 radical (unpaired) electrons. The minimum atomic E-state index is 0.188. The smallest absolute Gasteiger partial charge is 0.246 e. The second kappa shape index (κ2) is 14.4. The summed E-state index contributed by atoms with van der Waals surface area (Å²) in [6.07, 6.45) is 17.7. The van der Waals surface area contributed by atoms with Crippen LogP contribution in [0.2, 0.25) is 0 Å². The summed E-state index contributed by atoms with van der Waals surface area (Å²) in [5.74, 6) is 0.188. The number of carbonyl (C=O) groups is 1. The van der Waals surface area contributed by atoms with Gasteiger partial charge in [0.25, 0.3) is 0 Å². The maximum atomic E-state index is 12.6. The number of amides is 1. The van der Waals surface area contributed by atoms with Gasteiger partial charge in [-0.3, -0.25) is 4.79 Å². The predicted octanol–water partition coefficient (Wildman–Crippen LogP) is 6.68. The standard InChI is InChI=1S/C27H46N2O/c1-22(2)12-8-13-23(3)14-9-15-24(4)16-10-17-25(5)20-27(30)29-19-11-18-26(21-29)28(6)7/h12,14,16,20,26H,8-11,13,15,17-19,21H2,1-7H3. The van der Waals surface area contributed by atoms with Crippen molar-refractivity contribution < 1.29 is 4.79 Å². The predicted molar refractivity (Wildman–Crippen MR) is 132 cm³/mol. The molecule has 1 aliphatic rings. The van der Waals surface area contributed by atoms with Crippen LogP contribution in [0.1, 0.15) is 86.0 Å². The van der Waals surface area contributed by atoms with Gasteiger partial charge >= 0.3 is 0 Å². The van der Waals surface area contributed by atoms with Crippen LogP contribution in [-0.2, 0) is 4.79 Å². The highest BCUT2D eigenvalue weighted by atomic mass is 16.2. The zero-order valence-electron chi connectivity index (χ0n) is 20.8. The lowest BCUT2D eigenvalue weighted by Gasteiger charge is -2.35. The van der Waals surface area contributed by atoms with Crippen LogP contribution in [0, 0.1) is 0 Å². The molecule has 0 bridgehead atoms. The maximum absolute atomic E-state index is 12.6. The Labute approximate surface area is 186 Å². The van der Waals surface area contributed by atoms with Gasteiger partial charge in [0.2, 0.25) is 5.91 Å². The third-order valence-electron chi connectivity index (χ3n) is 5.96. The number of hydrogen-bond acceptors (Lipinski definition) is 2. The Kier molecular flexibility index (Phi) is 12.7. The number of carbonyl (C=O) groups excluding carboxylic acids is 1. The minimum Gasteiger partial charge on any atom is -0.338 e. The van der Waals surface area contributed by atoms with Crippen LogP contribution >= 0.6 is 0 Å². The second-order valence-corrected chi connectivity index (χ2v) is 9.53. The van der Waals surface area contributed by atoms with Crippen molar-refractivity contribution in [2.45, 2.75) is 92.0 Å². The lowest BCUT2D eigenvalue weighted by Crippen LogP contribution is -2.47. The van der Waals surface area contributed by atoms with Gasteiger partial charge in [-0.2, -0.15) is 0 Å². The molecular formula is C27H46N2O. The molecule has 0 aliphatic carbocycles. The lowest BCUT2D eigenvalue weighted by molar-refractivity contribution is -0.127. The van der Waals surface area contributed by atoms with Crippen LogP contribution in [0.3, 0.4) is 0 Å². The molecule has 0 aromatic heterocycles. The molecular weight excluding hydrogens is 368 g/mol. The van der Waals surface area contributed by atoms with E-state index in [1.54, 1.807) is 0 Å². The summed E-state index contributed by atoms with van der Waals surface area (Å²) in [6.45, 7) is 12.6. The molecule has 1 atom stereocenters. The number of rotatable bonds is 11. The average Bonchev–Trinajstić information content (AvgIpc) is 2.67. The first-order chi connectivity index (χ1) is 14.2. The van der Waals surface area contributed by atoms with Crippen LogP contribution in [0.5, 0.6) is 0 Å². The first kappa shape index (κ1) is 26.4. The Hall–Kier alpha value is -1.61. The van der Waals surface area contributed by atoms with E-state index in [-0.39, 0.29) is 5.91 Å². The zero-order chi connectivity index (χ0) is 22.5. The summed E-state index contributed by atoms with van der Waals surface area (Å²) in [7, 11) is 4.21. The summed E-state index contributed by atoms with van der Waals surface area (Å²) in [5.41, 5.74) is 5.53. The van der Waals surface area contributed by atoms with Crippen LogP contribution in [0.15, 0.2) is 46.6 Å². The average molecular weight is 415 g/mol. The first-order valence-electron chi connectivity index (χ1n) is 11.8. The highest BCUT2D eigenvalue weighted by Gasteiger charge is 2.23. The van der Waals surface area contributed by atoms with E-state index in [4.69, 9.17) is 0 Å². The van der Waals surface area contributed by atoms with Crippen molar-refractivity contribution in [3.05, 3.63) is 46.6 Å². The topological polar surface area (TPSA) is 23.6 Å². The molecule has 170 valence electrons. The molecule has 3 heteroatoms. The number of likely N-dealkylation sites (tertiary alicyclic amines) is 1. The molecule has 1 saturated heterocycles. The fourth-order valence-corrected chi connectivity index (χ4v) is 3.84. The van der Waals surface area contributed by atoms with Gasteiger partial charge < -0.3 is 9.80 Å².